The van der Waals surface area contributed by atoms with Crippen molar-refractivity contribution in [1.29, 1.82) is 0 Å². The molecule has 3 nitrogen and oxygen atoms in total. The van der Waals surface area contributed by atoms with Gasteiger partial charge in [-0.05, 0) is 25.7 Å². The van der Waals surface area contributed by atoms with Crippen molar-refractivity contribution in [2.45, 2.75) is 62.9 Å². The first-order valence-corrected chi connectivity index (χ1v) is 6.31. The molecule has 3 rings (SSSR count). The molecule has 3 aliphatic rings. The normalized spacial score (nSPS) is 46.4. The number of ether oxygens (including phenoxy) is 3. The molecule has 3 aliphatic heterocycles. The van der Waals surface area contributed by atoms with Gasteiger partial charge in [0.15, 0.2) is 11.6 Å². The second-order valence-corrected chi connectivity index (χ2v) is 5.03. The zero-order chi connectivity index (χ0) is 10.2. The molecule has 3 saturated heterocycles. The first kappa shape index (κ1) is 10.1. The summed E-state index contributed by atoms with van der Waals surface area (Å²) in [6.45, 7) is 1.71. The van der Waals surface area contributed by atoms with Crippen LogP contribution >= 0.6 is 0 Å². The summed E-state index contributed by atoms with van der Waals surface area (Å²) in [5, 5.41) is 0. The number of hydrogen-bond donors (Lipinski definition) is 0. The van der Waals surface area contributed by atoms with E-state index in [2.05, 4.69) is 0 Å². The first-order chi connectivity index (χ1) is 7.33. The molecular formula is C12H20O3. The molecule has 0 saturated carbocycles. The van der Waals surface area contributed by atoms with E-state index in [0.29, 0.717) is 0 Å². The summed E-state index contributed by atoms with van der Waals surface area (Å²) in [7, 11) is 0. The van der Waals surface area contributed by atoms with Gasteiger partial charge in [0, 0.05) is 25.7 Å². The summed E-state index contributed by atoms with van der Waals surface area (Å²) in [5.41, 5.74) is 0. The van der Waals surface area contributed by atoms with Gasteiger partial charge in [0.2, 0.25) is 0 Å². The molecular weight excluding hydrogens is 192 g/mol. The monoisotopic (exact) mass is 212 g/mol. The average molecular weight is 212 g/mol. The lowest BCUT2D eigenvalue weighted by Gasteiger charge is -2.38. The van der Waals surface area contributed by atoms with Crippen LogP contribution in [0, 0.1) is 0 Å². The van der Waals surface area contributed by atoms with E-state index in [0.717, 1.165) is 38.9 Å². The molecule has 3 heteroatoms. The van der Waals surface area contributed by atoms with Gasteiger partial charge in [-0.25, -0.2) is 0 Å². The van der Waals surface area contributed by atoms with E-state index in [9.17, 15) is 0 Å². The summed E-state index contributed by atoms with van der Waals surface area (Å²) in [6, 6.07) is 0. The first-order valence-electron chi connectivity index (χ1n) is 6.31. The zero-order valence-electron chi connectivity index (χ0n) is 9.30. The molecule has 0 N–H and O–H groups in total. The van der Waals surface area contributed by atoms with Crippen LogP contribution in [0.4, 0.5) is 0 Å². The molecule has 2 spiro atoms. The van der Waals surface area contributed by atoms with Crippen LogP contribution in [0.5, 0.6) is 0 Å². The van der Waals surface area contributed by atoms with Crippen LogP contribution in [0.1, 0.15) is 51.4 Å². The van der Waals surface area contributed by atoms with Crippen molar-refractivity contribution in [3.8, 4) is 0 Å². The Balaban J connectivity index is 1.70. The highest BCUT2D eigenvalue weighted by Crippen LogP contribution is 2.47. The Labute approximate surface area is 91.1 Å². The van der Waals surface area contributed by atoms with Crippen LogP contribution in [0.2, 0.25) is 0 Å². The molecule has 3 heterocycles. The molecule has 0 aliphatic carbocycles. The van der Waals surface area contributed by atoms with E-state index >= 15 is 0 Å². The molecule has 0 aromatic carbocycles. The summed E-state index contributed by atoms with van der Waals surface area (Å²) < 4.78 is 17.9. The molecule has 86 valence electrons. The number of hydrogen-bond acceptors (Lipinski definition) is 3. The van der Waals surface area contributed by atoms with Crippen LogP contribution in [-0.2, 0) is 14.2 Å². The van der Waals surface area contributed by atoms with E-state index in [1.54, 1.807) is 0 Å². The third-order valence-electron chi connectivity index (χ3n) is 3.89. The predicted octanol–water partition coefficient (Wildman–Crippen LogP) is 2.59. The highest BCUT2D eigenvalue weighted by molar-refractivity contribution is 4.89. The van der Waals surface area contributed by atoms with Crippen molar-refractivity contribution >= 4 is 0 Å². The summed E-state index contributed by atoms with van der Waals surface area (Å²) >= 11 is 0. The van der Waals surface area contributed by atoms with Gasteiger partial charge >= 0.3 is 0 Å². The second-order valence-electron chi connectivity index (χ2n) is 5.03. The van der Waals surface area contributed by atoms with Crippen molar-refractivity contribution in [1.82, 2.24) is 0 Å². The average Bonchev–Trinajstić information content (AvgIpc) is 2.60. The number of rotatable bonds is 0. The van der Waals surface area contributed by atoms with Gasteiger partial charge in [0.1, 0.15) is 0 Å². The Kier molecular flexibility index (Phi) is 2.49. The fraction of sp³-hybridized carbons (Fsp3) is 1.00. The van der Waals surface area contributed by atoms with Crippen LogP contribution < -0.4 is 0 Å². The third-order valence-corrected chi connectivity index (χ3v) is 3.89. The topological polar surface area (TPSA) is 27.7 Å². The molecule has 15 heavy (non-hydrogen) atoms. The lowest BCUT2D eigenvalue weighted by Crippen LogP contribution is -2.42. The van der Waals surface area contributed by atoms with Crippen molar-refractivity contribution in [3.05, 3.63) is 0 Å². The summed E-state index contributed by atoms with van der Waals surface area (Å²) in [6.07, 6.45) is 8.97. The third kappa shape index (κ3) is 1.81. The van der Waals surface area contributed by atoms with Crippen LogP contribution in [0.3, 0.4) is 0 Å². The minimum Gasteiger partial charge on any atom is -0.350 e. The van der Waals surface area contributed by atoms with Crippen molar-refractivity contribution in [2.75, 3.05) is 13.2 Å². The molecule has 3 fully saturated rings. The van der Waals surface area contributed by atoms with Gasteiger partial charge in [0.25, 0.3) is 0 Å². The zero-order valence-corrected chi connectivity index (χ0v) is 9.30. The van der Waals surface area contributed by atoms with E-state index in [1.807, 2.05) is 0 Å². The molecule has 0 aromatic rings. The molecule has 0 amide bonds. The van der Waals surface area contributed by atoms with Gasteiger partial charge in [-0.3, -0.25) is 0 Å². The minimum absolute atomic E-state index is 0.282. The van der Waals surface area contributed by atoms with Gasteiger partial charge < -0.3 is 14.2 Å². The molecule has 0 bridgehead atoms. The lowest BCUT2D eigenvalue weighted by molar-refractivity contribution is -0.337. The smallest absolute Gasteiger partial charge is 0.171 e. The predicted molar refractivity (Wildman–Crippen MR) is 55.4 cm³/mol. The maximum absolute atomic E-state index is 6.17. The highest BCUT2D eigenvalue weighted by atomic mass is 16.8. The molecule has 0 aromatic heterocycles. The van der Waals surface area contributed by atoms with Gasteiger partial charge in [-0.15, -0.1) is 0 Å². The SMILES string of the molecule is C1CC[C@@]2(CC[C@@]3(CCCCO3)O2)OC1. The minimum atomic E-state index is -0.282. The largest absolute Gasteiger partial charge is 0.350 e. The van der Waals surface area contributed by atoms with E-state index < -0.39 is 0 Å². The van der Waals surface area contributed by atoms with Gasteiger partial charge in [-0.2, -0.15) is 0 Å². The molecule has 0 unspecified atom stereocenters. The highest BCUT2D eigenvalue weighted by Gasteiger charge is 2.51. The van der Waals surface area contributed by atoms with Crippen LogP contribution in [-0.4, -0.2) is 24.8 Å². The van der Waals surface area contributed by atoms with E-state index in [4.69, 9.17) is 14.2 Å². The van der Waals surface area contributed by atoms with Crippen molar-refractivity contribution in [2.24, 2.45) is 0 Å². The summed E-state index contributed by atoms with van der Waals surface area (Å²) in [5.74, 6) is -0.564. The maximum atomic E-state index is 6.17. The summed E-state index contributed by atoms with van der Waals surface area (Å²) in [4.78, 5) is 0. The van der Waals surface area contributed by atoms with Crippen molar-refractivity contribution < 1.29 is 14.2 Å². The van der Waals surface area contributed by atoms with E-state index in [1.165, 1.54) is 25.7 Å². The fourth-order valence-corrected chi connectivity index (χ4v) is 3.03. The maximum Gasteiger partial charge on any atom is 0.171 e. The van der Waals surface area contributed by atoms with Crippen molar-refractivity contribution in [3.63, 3.8) is 0 Å². The Morgan fingerprint density at radius 3 is 1.53 bits per heavy atom. The lowest BCUT2D eigenvalue weighted by atomic mass is 9.99. The Bertz CT molecular complexity index is 203. The Morgan fingerprint density at radius 2 is 1.13 bits per heavy atom. The fourth-order valence-electron chi connectivity index (χ4n) is 3.03. The Hall–Kier alpha value is -0.120. The van der Waals surface area contributed by atoms with Gasteiger partial charge in [-0.1, -0.05) is 0 Å². The standard InChI is InChI=1S/C12H20O3/c1-3-9-13-11(5-1)7-8-12(15-11)6-2-4-10-14-12/h1-10H2/t11-,12-/m1/s1. The second kappa shape index (κ2) is 3.72. The van der Waals surface area contributed by atoms with Gasteiger partial charge in [0.05, 0.1) is 13.2 Å². The molecule has 0 radical (unpaired) electrons. The Morgan fingerprint density at radius 1 is 0.600 bits per heavy atom. The quantitative estimate of drug-likeness (QED) is 0.617. The van der Waals surface area contributed by atoms with E-state index in [-0.39, 0.29) is 11.6 Å². The molecule has 2 atom stereocenters. The van der Waals surface area contributed by atoms with Crippen LogP contribution in [0.15, 0.2) is 0 Å². The van der Waals surface area contributed by atoms with Crippen LogP contribution in [0.25, 0.3) is 0 Å².